The summed E-state index contributed by atoms with van der Waals surface area (Å²) in [5, 5.41) is 4.20. The van der Waals surface area contributed by atoms with E-state index in [0.717, 1.165) is 31.4 Å². The number of benzene rings is 2. The van der Waals surface area contributed by atoms with Gasteiger partial charge >= 0.3 is 0 Å². The van der Waals surface area contributed by atoms with Crippen molar-refractivity contribution in [1.29, 1.82) is 0 Å². The third-order valence-electron chi connectivity index (χ3n) is 6.16. The Kier molecular flexibility index (Phi) is 7.25. The van der Waals surface area contributed by atoms with Crippen molar-refractivity contribution in [2.24, 2.45) is 0 Å². The second kappa shape index (κ2) is 10.5. The van der Waals surface area contributed by atoms with Crippen LogP contribution in [0.4, 0.5) is 0 Å². The summed E-state index contributed by atoms with van der Waals surface area (Å²) in [7, 11) is 0. The third kappa shape index (κ3) is 5.71. The van der Waals surface area contributed by atoms with E-state index >= 15 is 0 Å². The number of hydrogen-bond acceptors (Lipinski definition) is 4. The van der Waals surface area contributed by atoms with Crippen molar-refractivity contribution in [1.82, 2.24) is 20.2 Å². The van der Waals surface area contributed by atoms with E-state index in [2.05, 4.69) is 75.8 Å². The van der Waals surface area contributed by atoms with Crippen molar-refractivity contribution < 1.29 is 9.21 Å². The minimum absolute atomic E-state index is 0.103. The van der Waals surface area contributed by atoms with Crippen LogP contribution in [0.3, 0.4) is 0 Å². The zero-order valence-electron chi connectivity index (χ0n) is 19.6. The number of aryl methyl sites for hydroxylation is 1. The van der Waals surface area contributed by atoms with E-state index in [9.17, 15) is 4.79 Å². The summed E-state index contributed by atoms with van der Waals surface area (Å²) in [6.45, 7) is 8.31. The predicted octanol–water partition coefficient (Wildman–Crippen LogP) is 5.24. The monoisotopic (exact) mass is 444 g/mol. The Morgan fingerprint density at radius 1 is 1.12 bits per heavy atom. The zero-order chi connectivity index (χ0) is 23.2. The van der Waals surface area contributed by atoms with Crippen LogP contribution in [-0.4, -0.2) is 33.4 Å². The summed E-state index contributed by atoms with van der Waals surface area (Å²) < 4.78 is 5.69. The van der Waals surface area contributed by atoms with Gasteiger partial charge < -0.3 is 14.7 Å². The molecular formula is C27H32N4O2. The number of carbonyl (C=O) groups is 1. The first-order valence-electron chi connectivity index (χ1n) is 11.6. The van der Waals surface area contributed by atoms with Gasteiger partial charge in [-0.15, -0.1) is 0 Å². The number of aromatic amines is 1. The quantitative estimate of drug-likeness (QED) is 0.351. The average Bonchev–Trinajstić information content (AvgIpc) is 3.46. The standard InChI is InChI=1S/C27H32N4O2/c1-4-20(3)29-27(32)25-18-33-26(30-25)17-31(16-22-10-6-5-9-19(22)2)14-13-21-15-28-24-12-8-7-11-23(21)24/h5-12,15,18,20,28H,4,13-14,16-17H2,1-3H3,(H,29,32). The van der Waals surface area contributed by atoms with Gasteiger partial charge in [-0.1, -0.05) is 49.4 Å². The number of oxazole rings is 1. The minimum Gasteiger partial charge on any atom is -0.447 e. The molecule has 2 aromatic heterocycles. The molecule has 1 amide bonds. The maximum atomic E-state index is 12.4. The second-order valence-corrected chi connectivity index (χ2v) is 8.66. The Morgan fingerprint density at radius 3 is 2.73 bits per heavy atom. The number of fused-ring (bicyclic) bond motifs is 1. The molecule has 0 aliphatic rings. The molecule has 1 atom stereocenters. The van der Waals surface area contributed by atoms with Crippen LogP contribution in [0.5, 0.6) is 0 Å². The Bertz CT molecular complexity index is 1210. The van der Waals surface area contributed by atoms with Crippen molar-refractivity contribution in [3.8, 4) is 0 Å². The van der Waals surface area contributed by atoms with Crippen LogP contribution >= 0.6 is 0 Å². The summed E-state index contributed by atoms with van der Waals surface area (Å²) >= 11 is 0. The highest BCUT2D eigenvalue weighted by Crippen LogP contribution is 2.20. The molecule has 0 saturated carbocycles. The van der Waals surface area contributed by atoms with Gasteiger partial charge in [0.2, 0.25) is 5.89 Å². The maximum Gasteiger partial charge on any atom is 0.273 e. The first kappa shape index (κ1) is 22.8. The number of carbonyl (C=O) groups excluding carboxylic acids is 1. The summed E-state index contributed by atoms with van der Waals surface area (Å²) in [4.78, 5) is 22.6. The SMILES string of the molecule is CCC(C)NC(=O)c1coc(CN(CCc2c[nH]c3ccccc23)Cc2ccccc2C)n1. The molecule has 0 spiro atoms. The minimum atomic E-state index is -0.191. The largest absolute Gasteiger partial charge is 0.447 e. The molecule has 1 unspecified atom stereocenters. The molecular weight excluding hydrogens is 412 g/mol. The molecule has 4 rings (SSSR count). The molecule has 6 heteroatoms. The topological polar surface area (TPSA) is 74.2 Å². The first-order valence-corrected chi connectivity index (χ1v) is 11.6. The lowest BCUT2D eigenvalue weighted by Gasteiger charge is -2.22. The molecule has 2 N–H and O–H groups in total. The van der Waals surface area contributed by atoms with Crippen molar-refractivity contribution in [3.05, 3.63) is 89.3 Å². The molecule has 172 valence electrons. The van der Waals surface area contributed by atoms with Crippen molar-refractivity contribution >= 4 is 16.8 Å². The van der Waals surface area contributed by atoms with Crippen LogP contribution in [0.2, 0.25) is 0 Å². The van der Waals surface area contributed by atoms with E-state index in [4.69, 9.17) is 4.42 Å². The summed E-state index contributed by atoms with van der Waals surface area (Å²) in [6, 6.07) is 16.9. The number of para-hydroxylation sites is 1. The van der Waals surface area contributed by atoms with Crippen LogP contribution in [0, 0.1) is 6.92 Å². The molecule has 0 aliphatic heterocycles. The fourth-order valence-corrected chi connectivity index (χ4v) is 3.94. The zero-order valence-corrected chi connectivity index (χ0v) is 19.6. The lowest BCUT2D eigenvalue weighted by molar-refractivity contribution is 0.0934. The van der Waals surface area contributed by atoms with Crippen molar-refractivity contribution in [3.63, 3.8) is 0 Å². The van der Waals surface area contributed by atoms with E-state index in [1.165, 1.54) is 28.3 Å². The lowest BCUT2D eigenvalue weighted by atomic mass is 10.1. The number of rotatable bonds is 10. The fourth-order valence-electron chi connectivity index (χ4n) is 3.94. The normalized spacial score (nSPS) is 12.4. The highest BCUT2D eigenvalue weighted by Gasteiger charge is 2.17. The average molecular weight is 445 g/mol. The number of aromatic nitrogens is 2. The van der Waals surface area contributed by atoms with E-state index in [-0.39, 0.29) is 11.9 Å². The van der Waals surface area contributed by atoms with Crippen LogP contribution in [-0.2, 0) is 19.5 Å². The van der Waals surface area contributed by atoms with Crippen LogP contribution < -0.4 is 5.32 Å². The van der Waals surface area contributed by atoms with Gasteiger partial charge in [-0.05, 0) is 49.4 Å². The van der Waals surface area contributed by atoms with Crippen LogP contribution in [0.1, 0.15) is 53.3 Å². The molecule has 4 aromatic rings. The molecule has 0 fully saturated rings. The van der Waals surface area contributed by atoms with Crippen LogP contribution in [0.15, 0.2) is 65.4 Å². The molecule has 0 saturated heterocycles. The molecule has 33 heavy (non-hydrogen) atoms. The Balaban J connectivity index is 1.49. The molecule has 0 bridgehead atoms. The van der Waals surface area contributed by atoms with Crippen molar-refractivity contribution in [2.45, 2.75) is 52.7 Å². The Morgan fingerprint density at radius 2 is 1.91 bits per heavy atom. The van der Waals surface area contributed by atoms with Gasteiger partial charge in [-0.3, -0.25) is 9.69 Å². The van der Waals surface area contributed by atoms with Gasteiger partial charge in [0.15, 0.2) is 5.69 Å². The van der Waals surface area contributed by atoms with Crippen molar-refractivity contribution in [2.75, 3.05) is 6.54 Å². The summed E-state index contributed by atoms with van der Waals surface area (Å²) in [5.74, 6) is 0.361. The lowest BCUT2D eigenvalue weighted by Crippen LogP contribution is -2.32. The predicted molar refractivity (Wildman–Crippen MR) is 131 cm³/mol. The Labute approximate surface area is 195 Å². The van der Waals surface area contributed by atoms with Gasteiger partial charge in [-0.25, -0.2) is 4.98 Å². The highest BCUT2D eigenvalue weighted by molar-refractivity contribution is 5.92. The smallest absolute Gasteiger partial charge is 0.273 e. The number of nitrogens with one attached hydrogen (secondary N) is 2. The number of hydrogen-bond donors (Lipinski definition) is 2. The number of nitrogens with zero attached hydrogens (tertiary/aromatic N) is 2. The number of amides is 1. The van der Waals surface area contributed by atoms with E-state index in [1.807, 2.05) is 19.9 Å². The number of H-pyrrole nitrogens is 1. The third-order valence-corrected chi connectivity index (χ3v) is 6.16. The molecule has 2 aromatic carbocycles. The molecule has 0 aliphatic carbocycles. The van der Waals surface area contributed by atoms with E-state index in [1.54, 1.807) is 0 Å². The van der Waals surface area contributed by atoms with E-state index in [0.29, 0.717) is 18.1 Å². The maximum absolute atomic E-state index is 12.4. The molecule has 0 radical (unpaired) electrons. The fraction of sp³-hybridized carbons (Fsp3) is 0.333. The molecule has 2 heterocycles. The highest BCUT2D eigenvalue weighted by atomic mass is 16.3. The van der Waals surface area contributed by atoms with Gasteiger partial charge in [0, 0.05) is 36.2 Å². The van der Waals surface area contributed by atoms with Gasteiger partial charge in [-0.2, -0.15) is 0 Å². The van der Waals surface area contributed by atoms with Gasteiger partial charge in [0.1, 0.15) is 6.26 Å². The summed E-state index contributed by atoms with van der Waals surface area (Å²) in [5.41, 5.74) is 5.31. The first-order chi connectivity index (χ1) is 16.0. The van der Waals surface area contributed by atoms with Gasteiger partial charge in [0.25, 0.3) is 5.91 Å². The van der Waals surface area contributed by atoms with Gasteiger partial charge in [0.05, 0.1) is 6.54 Å². The summed E-state index contributed by atoms with van der Waals surface area (Å²) in [6.07, 6.45) is 5.32. The van der Waals surface area contributed by atoms with E-state index < -0.39 is 0 Å². The second-order valence-electron chi connectivity index (χ2n) is 8.66. The molecule has 6 nitrogen and oxygen atoms in total. The Hall–Kier alpha value is -3.38. The van der Waals surface area contributed by atoms with Crippen LogP contribution in [0.25, 0.3) is 10.9 Å².